The lowest BCUT2D eigenvalue weighted by molar-refractivity contribution is 0.103. The first kappa shape index (κ1) is 16.7. The van der Waals surface area contributed by atoms with Gasteiger partial charge < -0.3 is 0 Å². The number of hydrogen-bond acceptors (Lipinski definition) is 4. The molecule has 0 N–H and O–H groups in total. The summed E-state index contributed by atoms with van der Waals surface area (Å²) in [4.78, 5) is 18.7. The lowest BCUT2D eigenvalue weighted by Crippen LogP contribution is -2.10. The van der Waals surface area contributed by atoms with Gasteiger partial charge >= 0.3 is 0 Å². The van der Waals surface area contributed by atoms with Crippen molar-refractivity contribution in [2.75, 3.05) is 6.26 Å². The Kier molecular flexibility index (Phi) is 4.71. The summed E-state index contributed by atoms with van der Waals surface area (Å²) < 4.78 is 1.93. The number of fused-ring (bicyclic) bond motifs is 1. The SMILES string of the molecule is CSc1c(C(=O)c2ccccc2)c(C)nc2c1cnn2CC(C)C. The van der Waals surface area contributed by atoms with Crippen LogP contribution in [0.25, 0.3) is 11.0 Å². The number of pyridine rings is 1. The number of ketones is 1. The molecule has 0 aliphatic rings. The van der Waals surface area contributed by atoms with E-state index >= 15 is 0 Å². The van der Waals surface area contributed by atoms with E-state index in [-0.39, 0.29) is 5.78 Å². The van der Waals surface area contributed by atoms with E-state index in [1.165, 1.54) is 0 Å². The van der Waals surface area contributed by atoms with Gasteiger partial charge in [-0.25, -0.2) is 9.67 Å². The maximum atomic E-state index is 13.0. The second-order valence-corrected chi connectivity index (χ2v) is 7.07. The van der Waals surface area contributed by atoms with E-state index in [0.29, 0.717) is 17.0 Å². The van der Waals surface area contributed by atoms with Gasteiger partial charge in [-0.3, -0.25) is 4.79 Å². The molecule has 0 spiro atoms. The summed E-state index contributed by atoms with van der Waals surface area (Å²) >= 11 is 1.58. The maximum absolute atomic E-state index is 13.0. The van der Waals surface area contributed by atoms with Crippen LogP contribution in [-0.2, 0) is 6.54 Å². The summed E-state index contributed by atoms with van der Waals surface area (Å²) in [6.07, 6.45) is 3.83. The minimum atomic E-state index is 0.0171. The van der Waals surface area contributed by atoms with E-state index in [9.17, 15) is 4.79 Å². The largest absolute Gasteiger partial charge is 0.288 e. The van der Waals surface area contributed by atoms with Crippen LogP contribution in [0, 0.1) is 12.8 Å². The molecule has 0 saturated carbocycles. The third-order valence-corrected chi connectivity index (χ3v) is 4.76. The molecule has 24 heavy (non-hydrogen) atoms. The topological polar surface area (TPSA) is 47.8 Å². The third-order valence-electron chi connectivity index (χ3n) is 3.92. The van der Waals surface area contributed by atoms with E-state index in [1.807, 2.05) is 54.4 Å². The number of carbonyl (C=O) groups is 1. The number of aromatic nitrogens is 3. The van der Waals surface area contributed by atoms with Crippen molar-refractivity contribution in [3.63, 3.8) is 0 Å². The molecule has 0 bridgehead atoms. The van der Waals surface area contributed by atoms with Crippen molar-refractivity contribution in [3.05, 3.63) is 53.3 Å². The van der Waals surface area contributed by atoms with E-state index in [1.54, 1.807) is 11.8 Å². The summed E-state index contributed by atoms with van der Waals surface area (Å²) in [7, 11) is 0. The third kappa shape index (κ3) is 2.96. The first-order valence-corrected chi connectivity index (χ1v) is 9.25. The quantitative estimate of drug-likeness (QED) is 0.512. The highest BCUT2D eigenvalue weighted by Crippen LogP contribution is 2.32. The van der Waals surface area contributed by atoms with Crippen molar-refractivity contribution < 1.29 is 4.79 Å². The van der Waals surface area contributed by atoms with E-state index in [0.717, 1.165) is 28.2 Å². The first-order chi connectivity index (χ1) is 11.5. The number of benzene rings is 1. The number of nitrogens with zero attached hydrogens (tertiary/aromatic N) is 3. The molecule has 0 unspecified atom stereocenters. The minimum Gasteiger partial charge on any atom is -0.288 e. The van der Waals surface area contributed by atoms with Gasteiger partial charge in [0.05, 0.1) is 22.8 Å². The zero-order valence-corrected chi connectivity index (χ0v) is 15.2. The van der Waals surface area contributed by atoms with Gasteiger partial charge in [-0.05, 0) is 19.1 Å². The standard InChI is InChI=1S/C19H21N3OS/c1-12(2)11-22-19-15(10-20-22)18(24-4)16(13(3)21-19)17(23)14-8-6-5-7-9-14/h5-10,12H,11H2,1-4H3. The Morgan fingerprint density at radius 2 is 1.96 bits per heavy atom. The van der Waals surface area contributed by atoms with Gasteiger partial charge in [0.25, 0.3) is 0 Å². The Hall–Kier alpha value is -2.14. The molecule has 2 aromatic heterocycles. The minimum absolute atomic E-state index is 0.0171. The van der Waals surface area contributed by atoms with Crippen molar-refractivity contribution >= 4 is 28.6 Å². The Balaban J connectivity index is 2.19. The van der Waals surface area contributed by atoms with Gasteiger partial charge in [0.2, 0.25) is 0 Å². The normalized spacial score (nSPS) is 11.4. The van der Waals surface area contributed by atoms with Gasteiger partial charge in [0.1, 0.15) is 0 Å². The Morgan fingerprint density at radius 3 is 2.58 bits per heavy atom. The number of rotatable bonds is 5. The second-order valence-electron chi connectivity index (χ2n) is 6.26. The summed E-state index contributed by atoms with van der Waals surface area (Å²) in [5.74, 6) is 0.502. The number of hydrogen-bond donors (Lipinski definition) is 0. The van der Waals surface area contributed by atoms with Crippen LogP contribution in [0.1, 0.15) is 35.5 Å². The van der Waals surface area contributed by atoms with Gasteiger partial charge in [-0.15, -0.1) is 11.8 Å². The fourth-order valence-electron chi connectivity index (χ4n) is 2.86. The van der Waals surface area contributed by atoms with Crippen LogP contribution >= 0.6 is 11.8 Å². The van der Waals surface area contributed by atoms with Crippen molar-refractivity contribution in [1.82, 2.24) is 14.8 Å². The molecule has 5 heteroatoms. The molecular formula is C19H21N3OS. The first-order valence-electron chi connectivity index (χ1n) is 8.02. The van der Waals surface area contributed by atoms with Crippen molar-refractivity contribution in [1.29, 1.82) is 0 Å². The Morgan fingerprint density at radius 1 is 1.25 bits per heavy atom. The van der Waals surface area contributed by atoms with Crippen LogP contribution in [0.2, 0.25) is 0 Å². The van der Waals surface area contributed by atoms with Crippen molar-refractivity contribution in [3.8, 4) is 0 Å². The Labute approximate surface area is 146 Å². The van der Waals surface area contributed by atoms with E-state index in [2.05, 4.69) is 18.9 Å². The summed E-state index contributed by atoms with van der Waals surface area (Å²) in [6, 6.07) is 9.37. The lowest BCUT2D eigenvalue weighted by atomic mass is 10.0. The number of carbonyl (C=O) groups excluding carboxylic acids is 1. The lowest BCUT2D eigenvalue weighted by Gasteiger charge is -2.12. The summed E-state index contributed by atoms with van der Waals surface area (Å²) in [5, 5.41) is 5.44. The molecule has 3 rings (SSSR count). The van der Waals surface area contributed by atoms with Crippen molar-refractivity contribution in [2.24, 2.45) is 5.92 Å². The van der Waals surface area contributed by atoms with Crippen LogP contribution in [0.3, 0.4) is 0 Å². The molecular weight excluding hydrogens is 318 g/mol. The highest BCUT2D eigenvalue weighted by Gasteiger charge is 2.22. The Bertz CT molecular complexity index is 885. The highest BCUT2D eigenvalue weighted by atomic mass is 32.2. The van der Waals surface area contributed by atoms with Gasteiger partial charge in [0.15, 0.2) is 11.4 Å². The maximum Gasteiger partial charge on any atom is 0.196 e. The molecule has 0 amide bonds. The van der Waals surface area contributed by atoms with Crippen LogP contribution < -0.4 is 0 Å². The fraction of sp³-hybridized carbons (Fsp3) is 0.316. The van der Waals surface area contributed by atoms with Gasteiger partial charge in [-0.1, -0.05) is 44.2 Å². The monoisotopic (exact) mass is 339 g/mol. The number of thioether (sulfide) groups is 1. The van der Waals surface area contributed by atoms with Crippen LogP contribution in [-0.4, -0.2) is 26.8 Å². The predicted molar refractivity (Wildman–Crippen MR) is 98.8 cm³/mol. The molecule has 4 nitrogen and oxygen atoms in total. The number of aryl methyl sites for hydroxylation is 1. The van der Waals surface area contributed by atoms with E-state index in [4.69, 9.17) is 4.98 Å². The smallest absolute Gasteiger partial charge is 0.196 e. The van der Waals surface area contributed by atoms with Crippen molar-refractivity contribution in [2.45, 2.75) is 32.2 Å². The van der Waals surface area contributed by atoms with Gasteiger partial charge in [-0.2, -0.15) is 5.10 Å². The predicted octanol–water partition coefficient (Wildman–Crippen LogP) is 4.35. The molecule has 0 saturated heterocycles. The average Bonchev–Trinajstić information content (AvgIpc) is 2.95. The zero-order valence-electron chi connectivity index (χ0n) is 14.4. The summed E-state index contributed by atoms with van der Waals surface area (Å²) in [5.41, 5.74) is 2.98. The zero-order chi connectivity index (χ0) is 17.3. The molecule has 0 aliphatic heterocycles. The molecule has 2 heterocycles. The molecule has 0 aliphatic carbocycles. The molecule has 124 valence electrons. The van der Waals surface area contributed by atoms with Crippen LogP contribution in [0.5, 0.6) is 0 Å². The molecule has 1 aromatic carbocycles. The molecule has 0 atom stereocenters. The average molecular weight is 339 g/mol. The van der Waals surface area contributed by atoms with Crippen LogP contribution in [0.15, 0.2) is 41.4 Å². The fourth-order valence-corrected chi connectivity index (χ4v) is 3.67. The molecule has 0 radical (unpaired) electrons. The molecule has 0 fully saturated rings. The highest BCUT2D eigenvalue weighted by molar-refractivity contribution is 7.99. The molecule has 3 aromatic rings. The second kappa shape index (κ2) is 6.77. The summed E-state index contributed by atoms with van der Waals surface area (Å²) in [6.45, 7) is 7.03. The van der Waals surface area contributed by atoms with E-state index < -0.39 is 0 Å². The van der Waals surface area contributed by atoms with Gasteiger partial charge in [0, 0.05) is 17.0 Å². The van der Waals surface area contributed by atoms with Crippen LogP contribution in [0.4, 0.5) is 0 Å².